The number of pyridine rings is 10. The predicted octanol–water partition coefficient (Wildman–Crippen LogP) is 18.9. The number of aryl methyl sites for hydroxylation is 5. The van der Waals surface area contributed by atoms with E-state index in [2.05, 4.69) is 114 Å². The van der Waals surface area contributed by atoms with E-state index in [4.69, 9.17) is 20.0 Å². The van der Waals surface area contributed by atoms with Gasteiger partial charge in [-0.1, -0.05) is 109 Å². The molecule has 0 bridgehead atoms. The second-order valence-corrected chi connectivity index (χ2v) is 31.6. The molecule has 0 atom stereocenters. The summed E-state index contributed by atoms with van der Waals surface area (Å²) in [6.07, 6.45) is 17.0. The Hall–Kier alpha value is -20.5. The van der Waals surface area contributed by atoms with Crippen molar-refractivity contribution in [1.82, 2.24) is 98.7 Å². The molecule has 5 aromatic carbocycles. The Morgan fingerprint density at radius 1 is 0.264 bits per heavy atom. The maximum atomic E-state index is 13.5. The van der Waals surface area contributed by atoms with Crippen LogP contribution >= 0.6 is 0 Å². The van der Waals surface area contributed by atoms with Gasteiger partial charge in [-0.3, -0.25) is 72.3 Å². The van der Waals surface area contributed by atoms with Crippen molar-refractivity contribution in [3.63, 3.8) is 0 Å². The quantitative estimate of drug-likeness (QED) is 0.0421. The van der Waals surface area contributed by atoms with E-state index in [1.807, 2.05) is 182 Å². The number of aromatic nitrogens is 20. The molecule has 0 unspecified atom stereocenters. The van der Waals surface area contributed by atoms with Gasteiger partial charge in [-0.15, -0.1) is 0 Å². The number of hydrogen-bond donors (Lipinski definition) is 5. The summed E-state index contributed by atoms with van der Waals surface area (Å²) in [5, 5.41) is 54.4. The molecule has 0 radical (unpaired) electrons. The number of nitrogens with zero attached hydrogens (tertiary/aromatic N) is 22. The Kier molecular flexibility index (Phi) is 30.8. The Morgan fingerprint density at radius 3 is 0.799 bits per heavy atom. The van der Waals surface area contributed by atoms with Gasteiger partial charge >= 0.3 is 0 Å². The van der Waals surface area contributed by atoms with Crippen molar-refractivity contribution in [1.29, 1.82) is 10.5 Å². The van der Waals surface area contributed by atoms with Crippen LogP contribution in [-0.4, -0.2) is 142 Å². The summed E-state index contributed by atoms with van der Waals surface area (Å²) in [6.45, 7) is 0. The lowest BCUT2D eigenvalue weighted by molar-refractivity contribution is 0.101. The van der Waals surface area contributed by atoms with Gasteiger partial charge in [0, 0.05) is 125 Å². The van der Waals surface area contributed by atoms with Crippen molar-refractivity contribution in [2.24, 2.45) is 35.2 Å². The standard InChI is InChI=1S/2C22H16N6O.2C22H19N5O2.C21H16FN5O/c1-28-14-20(21(27-28)18-8-2-3-11-24-18)26-22(29)19-10-5-9-17(25-19)16-7-4-6-15(12-16)13-23;1-28-14-20(21(27-28)18-5-2-3-12-24-18)26-22(29)19-7-4-6-17(25-19)16-10-8-15(13-23)9-11-16;1-27-14-20(21(26-27)18-9-3-4-12-23-18)25-22(28)19-11-6-10-17(24-19)15-7-5-8-16(13-15)29-2;1-27-14-20(21(26-27)18-6-3-4-13-23-18)25-22(28)19-8-5-7-17(24-19)15-9-11-16(29-2)12-10-15;1-27-13-19(20(26-27)17-8-2-3-11-23-17)25-21(28)18-10-5-9-16(24-18)14-6-4-7-15(22)12-14/h2*2-12,14H,1H3,(H,26,29);2*3-14H,1-2H3,(H,25,28);2-13H,1H3,(H,25,28). The van der Waals surface area contributed by atoms with Gasteiger partial charge in [0.15, 0.2) is 0 Å². The molecule has 144 heavy (non-hydrogen) atoms. The largest absolute Gasteiger partial charge is 0.497 e. The molecule has 20 aromatic rings. The lowest BCUT2D eigenvalue weighted by atomic mass is 10.1. The third-order valence-electron chi connectivity index (χ3n) is 21.3. The highest BCUT2D eigenvalue weighted by molar-refractivity contribution is 6.08. The topological polar surface area (TPSA) is 430 Å². The number of nitrogens with one attached hydrogen (secondary N) is 5. The smallest absolute Gasteiger partial charge is 0.274 e. The molecule has 0 spiro atoms. The minimum absolute atomic E-state index is 0.220. The van der Waals surface area contributed by atoms with Gasteiger partial charge in [0.05, 0.1) is 123 Å². The summed E-state index contributed by atoms with van der Waals surface area (Å²) in [7, 11) is 12.2. The highest BCUT2D eigenvalue weighted by Crippen LogP contribution is 2.34. The van der Waals surface area contributed by atoms with Gasteiger partial charge in [0.2, 0.25) is 0 Å². The fraction of sp³-hybridized carbons (Fsp3) is 0.0642. The van der Waals surface area contributed by atoms with Crippen LogP contribution in [-0.2, 0) is 35.2 Å². The third kappa shape index (κ3) is 24.7. The fourth-order valence-electron chi connectivity index (χ4n) is 14.6. The number of carbonyl (C=O) groups excluding carboxylic acids is 5. The molecule has 0 saturated carbocycles. The molecule has 15 heterocycles. The summed E-state index contributed by atoms with van der Waals surface area (Å²) in [6, 6.07) is 93.4. The van der Waals surface area contributed by atoms with Gasteiger partial charge < -0.3 is 36.1 Å². The first-order valence-corrected chi connectivity index (χ1v) is 44.4. The number of methoxy groups -OCH3 is 2. The molecule has 20 rings (SSSR count). The average molecular weight is 1910 g/mol. The third-order valence-corrected chi connectivity index (χ3v) is 21.3. The van der Waals surface area contributed by atoms with Crippen molar-refractivity contribution in [3.05, 3.63) is 411 Å². The number of hydrogen-bond acceptors (Lipinski definition) is 24. The minimum atomic E-state index is -0.386. The molecule has 5 amide bonds. The van der Waals surface area contributed by atoms with Gasteiger partial charge in [-0.2, -0.15) is 36.0 Å². The maximum absolute atomic E-state index is 13.5. The molecule has 0 aliphatic carbocycles. The fourth-order valence-corrected chi connectivity index (χ4v) is 14.6. The Bertz CT molecular complexity index is 8050. The molecular weight excluding hydrogens is 1820 g/mol. The molecule has 0 aliphatic heterocycles. The van der Waals surface area contributed by atoms with Crippen LogP contribution in [0.4, 0.5) is 32.8 Å². The summed E-state index contributed by atoms with van der Waals surface area (Å²) in [4.78, 5) is 108. The monoisotopic (exact) mass is 1900 g/mol. The van der Waals surface area contributed by atoms with Crippen molar-refractivity contribution in [2.45, 2.75) is 0 Å². The lowest BCUT2D eigenvalue weighted by Gasteiger charge is -2.07. The number of amides is 5. The van der Waals surface area contributed by atoms with E-state index in [0.29, 0.717) is 142 Å². The molecule has 0 fully saturated rings. The van der Waals surface area contributed by atoms with Crippen LogP contribution in [0.3, 0.4) is 0 Å². The van der Waals surface area contributed by atoms with Gasteiger partial charge in [0.1, 0.15) is 74.3 Å². The normalized spacial score (nSPS) is 10.5. The van der Waals surface area contributed by atoms with Gasteiger partial charge in [0.25, 0.3) is 29.5 Å². The predicted molar refractivity (Wildman–Crippen MR) is 543 cm³/mol. The number of halogens is 1. The number of benzene rings is 5. The Morgan fingerprint density at radius 2 is 0.521 bits per heavy atom. The van der Waals surface area contributed by atoms with Crippen LogP contribution in [0.1, 0.15) is 63.6 Å². The van der Waals surface area contributed by atoms with E-state index < -0.39 is 0 Å². The van der Waals surface area contributed by atoms with E-state index in [-0.39, 0.29) is 52.4 Å². The number of ether oxygens (including phenoxy) is 2. The summed E-state index contributed by atoms with van der Waals surface area (Å²) < 4.78 is 32.1. The molecule has 15 aromatic heterocycles. The van der Waals surface area contributed by atoms with E-state index in [9.17, 15) is 28.4 Å². The molecule has 35 heteroatoms. The average Bonchev–Trinajstić information content (AvgIpc) is 1.67. The zero-order valence-electron chi connectivity index (χ0n) is 78.2. The molecular formula is C109H86FN27O7. The van der Waals surface area contributed by atoms with Crippen LogP contribution in [0.2, 0.25) is 0 Å². The first-order valence-electron chi connectivity index (χ1n) is 44.4. The molecule has 706 valence electrons. The minimum Gasteiger partial charge on any atom is -0.497 e. The summed E-state index contributed by atoms with van der Waals surface area (Å²) in [5.74, 6) is -0.576. The van der Waals surface area contributed by atoms with Crippen molar-refractivity contribution in [2.75, 3.05) is 40.8 Å². The van der Waals surface area contributed by atoms with Gasteiger partial charge in [-0.05, 0) is 194 Å². The summed E-state index contributed by atoms with van der Waals surface area (Å²) >= 11 is 0. The van der Waals surface area contributed by atoms with E-state index >= 15 is 0 Å². The van der Waals surface area contributed by atoms with Gasteiger partial charge in [-0.25, -0.2) is 29.3 Å². The summed E-state index contributed by atoms with van der Waals surface area (Å²) in [5.41, 5.74) is 18.7. The highest BCUT2D eigenvalue weighted by atomic mass is 19.1. The zero-order valence-corrected chi connectivity index (χ0v) is 78.2. The Balaban J connectivity index is 0.000000129. The van der Waals surface area contributed by atoms with E-state index in [0.717, 1.165) is 33.8 Å². The second-order valence-electron chi connectivity index (χ2n) is 31.6. The number of rotatable bonds is 22. The van der Waals surface area contributed by atoms with E-state index in [1.165, 1.54) is 12.1 Å². The van der Waals surface area contributed by atoms with Crippen LogP contribution < -0.4 is 36.1 Å². The van der Waals surface area contributed by atoms with Crippen molar-refractivity contribution >= 4 is 58.0 Å². The van der Waals surface area contributed by atoms with Crippen LogP contribution in [0, 0.1) is 28.5 Å². The molecule has 34 nitrogen and oxygen atoms in total. The maximum Gasteiger partial charge on any atom is 0.274 e. The molecule has 0 saturated heterocycles. The highest BCUT2D eigenvalue weighted by Gasteiger charge is 2.24. The van der Waals surface area contributed by atoms with Crippen molar-refractivity contribution in [3.8, 4) is 137 Å². The van der Waals surface area contributed by atoms with Crippen LogP contribution in [0.25, 0.3) is 113 Å². The van der Waals surface area contributed by atoms with Crippen LogP contribution in [0.5, 0.6) is 11.5 Å². The SMILES string of the molecule is COc1ccc(-c2cccc(C(=O)Nc3cn(C)nc3-c3ccccn3)n2)cc1.COc1cccc(-c2cccc(C(=O)Nc3cn(C)nc3-c3ccccn3)n2)c1.Cn1cc(NC(=O)c2cccc(-c3ccc(C#N)cc3)n2)c(-c2ccccn2)n1.Cn1cc(NC(=O)c2cccc(-c3cccc(C#N)c3)n2)c(-c2ccccn2)n1.Cn1cc(NC(=O)c2cccc(-c3cccc(F)c3)n2)c(-c2ccccn2)n1. The lowest BCUT2D eigenvalue weighted by Crippen LogP contribution is -2.14. The zero-order chi connectivity index (χ0) is 100. The molecule has 5 N–H and O–H groups in total. The number of anilines is 5. The first-order chi connectivity index (χ1) is 70.1. The van der Waals surface area contributed by atoms with E-state index in [1.54, 1.807) is 244 Å². The van der Waals surface area contributed by atoms with Crippen LogP contribution in [0.15, 0.2) is 365 Å². The number of carbonyl (C=O) groups is 5. The van der Waals surface area contributed by atoms with Crippen molar-refractivity contribution < 1.29 is 37.8 Å². The number of nitriles is 2. The first kappa shape index (κ1) is 96.6. The Labute approximate surface area is 824 Å². The second kappa shape index (κ2) is 45.9. The molecule has 0 aliphatic rings.